The summed E-state index contributed by atoms with van der Waals surface area (Å²) in [5.41, 5.74) is 0.374. The number of ether oxygens (including phenoxy) is 4. The zero-order chi connectivity index (χ0) is 53.5. The second kappa shape index (κ2) is 29.5. The zero-order valence-corrected chi connectivity index (χ0v) is 43.3. The second-order valence-corrected chi connectivity index (χ2v) is 19.8. The van der Waals surface area contributed by atoms with Crippen molar-refractivity contribution in [3.8, 4) is 23.0 Å². The molecule has 73 heavy (non-hydrogen) atoms. The molecule has 0 fully saturated rings. The van der Waals surface area contributed by atoms with Crippen molar-refractivity contribution in [2.75, 3.05) is 49.4 Å². The number of rotatable bonds is 24. The van der Waals surface area contributed by atoms with Gasteiger partial charge >= 0.3 is 23.9 Å². The highest BCUT2D eigenvalue weighted by molar-refractivity contribution is 8.15. The molecular formula is C53H52O16S4. The lowest BCUT2D eigenvalue weighted by molar-refractivity contribution is -0.167. The molecule has 0 bridgehead atoms. The fourth-order valence-corrected chi connectivity index (χ4v) is 8.39. The molecule has 0 saturated heterocycles. The Labute approximate surface area is 438 Å². The van der Waals surface area contributed by atoms with Gasteiger partial charge in [0.15, 0.2) is 0 Å². The summed E-state index contributed by atoms with van der Waals surface area (Å²) in [6.45, 7) is 2.95. The summed E-state index contributed by atoms with van der Waals surface area (Å²) in [5, 5.41) is 38.4. The monoisotopic (exact) mass is 1070 g/mol. The van der Waals surface area contributed by atoms with E-state index >= 15 is 0 Å². The van der Waals surface area contributed by atoms with Crippen LogP contribution in [0, 0.1) is 5.41 Å². The van der Waals surface area contributed by atoms with Gasteiger partial charge in [0.2, 0.25) is 20.5 Å². The average Bonchev–Trinajstić information content (AvgIpc) is 3.37. The van der Waals surface area contributed by atoms with Gasteiger partial charge in [-0.15, -0.1) is 0 Å². The highest BCUT2D eigenvalue weighted by atomic mass is 32.2. The van der Waals surface area contributed by atoms with E-state index in [1.54, 1.807) is 72.8 Å². The Hall–Kier alpha value is -7.00. The van der Waals surface area contributed by atoms with Crippen LogP contribution in [0.4, 0.5) is 0 Å². The van der Waals surface area contributed by atoms with E-state index in [4.69, 9.17) is 18.9 Å². The highest BCUT2D eigenvalue weighted by Crippen LogP contribution is 2.28. The molecule has 384 valence electrons. The first kappa shape index (κ1) is 58.6. The Morgan fingerprint density at radius 3 is 0.753 bits per heavy atom. The molecule has 0 aromatic heterocycles. The highest BCUT2D eigenvalue weighted by Gasteiger charge is 2.38. The average molecular weight is 1070 g/mol. The number of hydrogen-bond donors (Lipinski definition) is 4. The van der Waals surface area contributed by atoms with Crippen LogP contribution in [0.5, 0.6) is 23.0 Å². The summed E-state index contributed by atoms with van der Waals surface area (Å²) in [6.07, 6.45) is 5.74. The number of thioether (sulfide) groups is 4. The molecule has 4 aromatic rings. The minimum Gasteiger partial charge on any atom is -0.507 e. The van der Waals surface area contributed by atoms with E-state index in [9.17, 15) is 58.8 Å². The van der Waals surface area contributed by atoms with Crippen LogP contribution in [0.3, 0.4) is 0 Å². The van der Waals surface area contributed by atoms with Crippen molar-refractivity contribution in [3.63, 3.8) is 0 Å². The van der Waals surface area contributed by atoms with Gasteiger partial charge in [-0.25, -0.2) is 0 Å². The number of hydrogen-bond acceptors (Lipinski definition) is 20. The zero-order valence-electron chi connectivity index (χ0n) is 40.0. The Morgan fingerprint density at radius 1 is 0.370 bits per heavy atom. The number of phenolic OH excluding ortho intramolecular Hbond substituents is 4. The molecule has 0 aliphatic carbocycles. The smallest absolute Gasteiger partial charge is 0.316 e. The summed E-state index contributed by atoms with van der Waals surface area (Å²) in [6, 6.07) is 25.2. The van der Waals surface area contributed by atoms with Crippen LogP contribution >= 0.6 is 47.0 Å². The maximum atomic E-state index is 13.3. The van der Waals surface area contributed by atoms with Crippen LogP contribution in [0.1, 0.15) is 49.9 Å². The molecule has 16 nitrogen and oxygen atoms in total. The summed E-state index contributed by atoms with van der Waals surface area (Å²) in [5.74, 6) is -6.27. The predicted molar refractivity (Wildman–Crippen MR) is 283 cm³/mol. The Balaban J connectivity index is 1.54. The molecule has 0 radical (unpaired) electrons. The molecule has 0 aliphatic heterocycles. The van der Waals surface area contributed by atoms with Crippen molar-refractivity contribution in [1.29, 1.82) is 0 Å². The van der Waals surface area contributed by atoms with Gasteiger partial charge in [0, 0.05) is 44.5 Å². The predicted octanol–water partition coefficient (Wildman–Crippen LogP) is 8.42. The van der Waals surface area contributed by atoms with Crippen LogP contribution in [0.2, 0.25) is 0 Å². The van der Waals surface area contributed by atoms with Crippen LogP contribution in [0.25, 0.3) is 24.3 Å². The first-order valence-corrected chi connectivity index (χ1v) is 25.9. The summed E-state index contributed by atoms with van der Waals surface area (Å²) >= 11 is 2.33. The molecule has 4 rings (SSSR count). The van der Waals surface area contributed by atoms with Gasteiger partial charge in [0.25, 0.3) is 0 Å². The third-order valence-electron chi connectivity index (χ3n) is 9.96. The summed E-state index contributed by atoms with van der Waals surface area (Å²) in [4.78, 5) is 105. The fourth-order valence-electron chi connectivity index (χ4n) is 5.91. The van der Waals surface area contributed by atoms with Crippen molar-refractivity contribution < 1.29 is 77.7 Å². The number of aromatic hydroxyl groups is 4. The molecule has 20 heteroatoms. The summed E-state index contributed by atoms with van der Waals surface area (Å²) < 4.78 is 22.2. The third-order valence-corrected chi connectivity index (χ3v) is 13.8. The van der Waals surface area contributed by atoms with Gasteiger partial charge in [0.1, 0.15) is 54.8 Å². The quantitative estimate of drug-likeness (QED) is 0.0292. The lowest BCUT2D eigenvalue weighted by Crippen LogP contribution is -2.44. The van der Waals surface area contributed by atoms with Gasteiger partial charge in [-0.1, -0.05) is 120 Å². The SMILES string of the molecule is C/C(=C\c1ccccc1O)C(=O)SCC(=O)OCC(COC(=O)CSC(=O)/C(C)=C/c1ccccc1O)(COC(=O)CSC(=O)/C(C)=C/c1ccccc1O)COC(=O)CSC(=O)/C(C)=C/c1ccccc1O. The van der Waals surface area contributed by atoms with Crippen molar-refractivity contribution in [2.45, 2.75) is 27.7 Å². The van der Waals surface area contributed by atoms with Crippen molar-refractivity contribution in [3.05, 3.63) is 142 Å². The molecule has 4 N–H and O–H groups in total. The van der Waals surface area contributed by atoms with Crippen molar-refractivity contribution in [2.24, 2.45) is 5.41 Å². The van der Waals surface area contributed by atoms with Gasteiger partial charge < -0.3 is 39.4 Å². The van der Waals surface area contributed by atoms with Gasteiger partial charge in [-0.2, -0.15) is 0 Å². The molecule has 0 spiro atoms. The largest absolute Gasteiger partial charge is 0.507 e. The van der Waals surface area contributed by atoms with Crippen LogP contribution < -0.4 is 0 Å². The molecule has 0 saturated carbocycles. The Bertz CT molecular complexity index is 2430. The molecule has 4 aromatic carbocycles. The normalized spacial score (nSPS) is 12.1. The Kier molecular flexibility index (Phi) is 23.7. The van der Waals surface area contributed by atoms with Crippen molar-refractivity contribution >= 4 is 116 Å². The van der Waals surface area contributed by atoms with E-state index < -0.39 is 99.2 Å². The number of benzene rings is 4. The third kappa shape index (κ3) is 20.2. The van der Waals surface area contributed by atoms with E-state index in [0.29, 0.717) is 69.3 Å². The van der Waals surface area contributed by atoms with E-state index in [1.165, 1.54) is 76.3 Å². The second-order valence-electron chi connectivity index (χ2n) is 16.0. The first-order valence-electron chi connectivity index (χ1n) is 21.9. The lowest BCUT2D eigenvalue weighted by Gasteiger charge is -2.31. The first-order chi connectivity index (χ1) is 34.7. The molecule has 0 aliphatic rings. The molecule has 0 amide bonds. The maximum absolute atomic E-state index is 13.3. The lowest BCUT2D eigenvalue weighted by atomic mass is 9.92. The van der Waals surface area contributed by atoms with E-state index in [0.717, 1.165) is 0 Å². The fraction of sp³-hybridized carbons (Fsp3) is 0.245. The van der Waals surface area contributed by atoms with E-state index in [-0.39, 0.29) is 45.3 Å². The standard InChI is InChI=1S/C53H52O16S4/c1-33(21-37-13-5-9-17-41(37)54)49(62)70-25-45(58)66-29-53(30-67-46(59)26-71-50(63)34(2)22-38-14-6-10-18-42(38)55,31-68-47(60)27-72-51(64)35(3)23-39-15-7-11-19-43(39)56)32-69-48(61)28-73-52(65)36(4)24-40-16-8-12-20-44(40)57/h5-24,54-57H,25-32H2,1-4H3/b33-21+,34-22+,35-23+,36-24+. The van der Waals surface area contributed by atoms with Crippen molar-refractivity contribution in [1.82, 2.24) is 0 Å². The maximum Gasteiger partial charge on any atom is 0.316 e. The Morgan fingerprint density at radius 2 is 0.562 bits per heavy atom. The number of esters is 4. The van der Waals surface area contributed by atoms with Crippen LogP contribution in [-0.2, 0) is 57.3 Å². The summed E-state index contributed by atoms with van der Waals surface area (Å²) in [7, 11) is 0. The number of phenols is 4. The van der Waals surface area contributed by atoms with E-state index in [2.05, 4.69) is 0 Å². The van der Waals surface area contributed by atoms with Crippen LogP contribution in [-0.4, -0.2) is 114 Å². The van der Waals surface area contributed by atoms with Gasteiger partial charge in [-0.05, 0) is 76.3 Å². The molecule has 0 heterocycles. The number of carbonyl (C=O) groups is 8. The van der Waals surface area contributed by atoms with Gasteiger partial charge in [0.05, 0.1) is 23.0 Å². The number of carbonyl (C=O) groups excluding carboxylic acids is 8. The number of para-hydroxylation sites is 4. The minimum atomic E-state index is -1.87. The van der Waals surface area contributed by atoms with E-state index in [1.807, 2.05) is 0 Å². The topological polar surface area (TPSA) is 254 Å². The molecule has 0 unspecified atom stereocenters. The van der Waals surface area contributed by atoms with Crippen LogP contribution in [0.15, 0.2) is 119 Å². The minimum absolute atomic E-state index is 0.0680. The molecular weight excluding hydrogens is 1020 g/mol. The van der Waals surface area contributed by atoms with Gasteiger partial charge in [-0.3, -0.25) is 38.4 Å². The molecule has 0 atom stereocenters.